The van der Waals surface area contributed by atoms with Gasteiger partial charge >= 0.3 is 0 Å². The van der Waals surface area contributed by atoms with E-state index in [-0.39, 0.29) is 6.04 Å². The first-order valence-electron chi connectivity index (χ1n) is 8.27. The third kappa shape index (κ3) is 3.27. The van der Waals surface area contributed by atoms with Crippen LogP contribution in [0.5, 0.6) is 0 Å². The van der Waals surface area contributed by atoms with E-state index in [1.807, 2.05) is 0 Å². The van der Waals surface area contributed by atoms with E-state index >= 15 is 0 Å². The van der Waals surface area contributed by atoms with Crippen LogP contribution >= 0.6 is 0 Å². The molecular weight excluding hydrogens is 288 g/mol. The molecule has 6 nitrogen and oxygen atoms in total. The molecule has 122 valence electrons. The Kier molecular flexibility index (Phi) is 4.85. The quantitative estimate of drug-likeness (QED) is 0.798. The van der Waals surface area contributed by atoms with Gasteiger partial charge in [0.2, 0.25) is 0 Å². The third-order valence-corrected chi connectivity index (χ3v) is 7.25. The van der Waals surface area contributed by atoms with E-state index in [1.54, 1.807) is 15.7 Å². The second-order valence-electron chi connectivity index (χ2n) is 6.57. The van der Waals surface area contributed by atoms with E-state index in [0.717, 1.165) is 51.9 Å². The van der Waals surface area contributed by atoms with Crippen molar-refractivity contribution in [2.75, 3.05) is 46.3 Å². The average molecular weight is 316 g/mol. The van der Waals surface area contributed by atoms with Crippen LogP contribution < -0.4 is 5.32 Å². The van der Waals surface area contributed by atoms with Crippen molar-refractivity contribution in [3.05, 3.63) is 0 Å². The molecule has 0 amide bonds. The third-order valence-electron chi connectivity index (χ3n) is 5.28. The van der Waals surface area contributed by atoms with Crippen LogP contribution in [0, 0.1) is 0 Å². The standard InChI is InChI=1S/C14H28N4O2S/c1-16(13-5-3-2-4-6-13)21(19,20)18-11-14(12-18)17-9-7-15-8-10-17/h13-15H,2-12H2,1H3. The van der Waals surface area contributed by atoms with Crippen LogP contribution in [-0.4, -0.2) is 80.3 Å². The first-order chi connectivity index (χ1) is 10.1. The first-order valence-corrected chi connectivity index (χ1v) is 9.66. The van der Waals surface area contributed by atoms with Gasteiger partial charge < -0.3 is 5.32 Å². The largest absolute Gasteiger partial charge is 0.314 e. The smallest absolute Gasteiger partial charge is 0.282 e. The number of hydrogen-bond donors (Lipinski definition) is 1. The molecule has 0 spiro atoms. The molecule has 2 heterocycles. The van der Waals surface area contributed by atoms with Crippen molar-refractivity contribution in [3.63, 3.8) is 0 Å². The minimum atomic E-state index is -3.25. The Morgan fingerprint density at radius 1 is 1.05 bits per heavy atom. The molecule has 3 aliphatic rings. The topological polar surface area (TPSA) is 55.9 Å². The molecule has 2 aliphatic heterocycles. The van der Waals surface area contributed by atoms with Gasteiger partial charge in [-0.3, -0.25) is 4.90 Å². The van der Waals surface area contributed by atoms with Crippen molar-refractivity contribution in [2.24, 2.45) is 0 Å². The fourth-order valence-corrected chi connectivity index (χ4v) is 5.37. The van der Waals surface area contributed by atoms with Crippen molar-refractivity contribution in [2.45, 2.75) is 44.2 Å². The summed E-state index contributed by atoms with van der Waals surface area (Å²) < 4.78 is 28.6. The molecule has 0 unspecified atom stereocenters. The molecule has 3 rings (SSSR count). The molecule has 0 aromatic carbocycles. The normalized spacial score (nSPS) is 27.9. The zero-order valence-electron chi connectivity index (χ0n) is 13.0. The lowest BCUT2D eigenvalue weighted by Gasteiger charge is -2.47. The van der Waals surface area contributed by atoms with Crippen molar-refractivity contribution in [1.29, 1.82) is 0 Å². The molecule has 2 saturated heterocycles. The second kappa shape index (κ2) is 6.50. The molecule has 21 heavy (non-hydrogen) atoms. The van der Waals surface area contributed by atoms with Crippen molar-refractivity contribution in [1.82, 2.24) is 18.8 Å². The Morgan fingerprint density at radius 2 is 1.67 bits per heavy atom. The highest BCUT2D eigenvalue weighted by Crippen LogP contribution is 2.27. The molecule has 3 fully saturated rings. The van der Waals surface area contributed by atoms with Gasteiger partial charge in [-0.25, -0.2) is 0 Å². The summed E-state index contributed by atoms with van der Waals surface area (Å²) >= 11 is 0. The number of piperazine rings is 1. The van der Waals surface area contributed by atoms with Gasteiger partial charge in [0.05, 0.1) is 0 Å². The van der Waals surface area contributed by atoms with Gasteiger partial charge in [0.15, 0.2) is 0 Å². The van der Waals surface area contributed by atoms with Gasteiger partial charge in [-0.2, -0.15) is 17.0 Å². The summed E-state index contributed by atoms with van der Waals surface area (Å²) in [4.78, 5) is 2.42. The maximum absolute atomic E-state index is 12.7. The zero-order chi connectivity index (χ0) is 14.9. The van der Waals surface area contributed by atoms with Gasteiger partial charge in [0.1, 0.15) is 0 Å². The number of nitrogens with zero attached hydrogens (tertiary/aromatic N) is 3. The van der Waals surface area contributed by atoms with E-state index in [0.29, 0.717) is 19.1 Å². The van der Waals surface area contributed by atoms with Crippen LogP contribution in [0.2, 0.25) is 0 Å². The van der Waals surface area contributed by atoms with Crippen LogP contribution in [0.15, 0.2) is 0 Å². The summed E-state index contributed by atoms with van der Waals surface area (Å²) in [6, 6.07) is 0.628. The van der Waals surface area contributed by atoms with Crippen LogP contribution in [0.3, 0.4) is 0 Å². The van der Waals surface area contributed by atoms with Gasteiger partial charge in [-0.15, -0.1) is 0 Å². The predicted molar refractivity (Wildman–Crippen MR) is 83.4 cm³/mol. The minimum Gasteiger partial charge on any atom is -0.314 e. The Labute approximate surface area is 128 Å². The van der Waals surface area contributed by atoms with E-state index in [1.165, 1.54) is 6.42 Å². The van der Waals surface area contributed by atoms with Crippen molar-refractivity contribution < 1.29 is 8.42 Å². The average Bonchev–Trinajstić information content (AvgIpc) is 2.46. The predicted octanol–water partition coefficient (Wildman–Crippen LogP) is 0.0851. The first kappa shape index (κ1) is 15.7. The number of nitrogens with one attached hydrogen (secondary N) is 1. The number of hydrogen-bond acceptors (Lipinski definition) is 4. The maximum Gasteiger partial charge on any atom is 0.282 e. The SMILES string of the molecule is CN(C1CCCCC1)S(=O)(=O)N1CC(N2CCNCC2)C1. The lowest BCUT2D eigenvalue weighted by molar-refractivity contribution is 0.0720. The maximum atomic E-state index is 12.7. The Morgan fingerprint density at radius 3 is 2.29 bits per heavy atom. The summed E-state index contributed by atoms with van der Waals surface area (Å²) in [6.45, 7) is 5.45. The van der Waals surface area contributed by atoms with Gasteiger partial charge in [-0.05, 0) is 12.8 Å². The minimum absolute atomic E-state index is 0.210. The fourth-order valence-electron chi connectivity index (χ4n) is 3.70. The Balaban J connectivity index is 1.54. The summed E-state index contributed by atoms with van der Waals surface area (Å²) in [5, 5.41) is 3.34. The molecule has 0 bridgehead atoms. The van der Waals surface area contributed by atoms with Crippen LogP contribution in [0.4, 0.5) is 0 Å². The molecule has 0 atom stereocenters. The lowest BCUT2D eigenvalue weighted by atomic mass is 9.96. The molecule has 1 N–H and O–H groups in total. The van der Waals surface area contributed by atoms with Gasteiger partial charge in [0, 0.05) is 58.4 Å². The molecule has 0 aromatic rings. The highest BCUT2D eigenvalue weighted by molar-refractivity contribution is 7.86. The molecular formula is C14H28N4O2S. The fraction of sp³-hybridized carbons (Fsp3) is 1.00. The molecule has 0 radical (unpaired) electrons. The molecule has 7 heteroatoms. The Bertz CT molecular complexity index is 438. The van der Waals surface area contributed by atoms with Crippen LogP contribution in [0.1, 0.15) is 32.1 Å². The monoisotopic (exact) mass is 316 g/mol. The highest BCUT2D eigenvalue weighted by Gasteiger charge is 2.42. The van der Waals surface area contributed by atoms with Gasteiger partial charge in [-0.1, -0.05) is 19.3 Å². The molecule has 1 aliphatic carbocycles. The molecule has 1 saturated carbocycles. The second-order valence-corrected chi connectivity index (χ2v) is 8.56. The lowest BCUT2D eigenvalue weighted by Crippen LogP contribution is -2.65. The molecule has 0 aromatic heterocycles. The van der Waals surface area contributed by atoms with E-state index in [2.05, 4.69) is 10.2 Å². The summed E-state index contributed by atoms with van der Waals surface area (Å²) in [6.07, 6.45) is 5.61. The summed E-state index contributed by atoms with van der Waals surface area (Å²) in [5.74, 6) is 0. The van der Waals surface area contributed by atoms with Crippen LogP contribution in [-0.2, 0) is 10.2 Å². The van der Waals surface area contributed by atoms with E-state index in [4.69, 9.17) is 0 Å². The van der Waals surface area contributed by atoms with E-state index in [9.17, 15) is 8.42 Å². The van der Waals surface area contributed by atoms with Crippen molar-refractivity contribution in [3.8, 4) is 0 Å². The summed E-state index contributed by atoms with van der Waals surface area (Å²) in [7, 11) is -1.48. The van der Waals surface area contributed by atoms with Gasteiger partial charge in [0.25, 0.3) is 10.2 Å². The zero-order valence-corrected chi connectivity index (χ0v) is 13.8. The Hall–Kier alpha value is -0.210. The highest BCUT2D eigenvalue weighted by atomic mass is 32.2. The van der Waals surface area contributed by atoms with Crippen molar-refractivity contribution >= 4 is 10.2 Å². The van der Waals surface area contributed by atoms with Crippen LogP contribution in [0.25, 0.3) is 0 Å². The van der Waals surface area contributed by atoms with E-state index < -0.39 is 10.2 Å². The number of rotatable bonds is 4. The summed E-state index contributed by atoms with van der Waals surface area (Å²) in [5.41, 5.74) is 0.